The number of carbonyl (C=O) groups excluding carboxylic acids is 2. The van der Waals surface area contributed by atoms with E-state index in [1.165, 1.54) is 0 Å². The summed E-state index contributed by atoms with van der Waals surface area (Å²) < 4.78 is 0. The molecule has 2 rings (SSSR count). The molecule has 2 aromatic carbocycles. The number of carbonyl (C=O) groups is 2. The molecule has 0 aliphatic carbocycles. The Bertz CT molecular complexity index is 830. The van der Waals surface area contributed by atoms with Crippen molar-refractivity contribution in [1.82, 2.24) is 10.2 Å². The molecule has 0 aromatic heterocycles. The fourth-order valence-corrected chi connectivity index (χ4v) is 4.28. The fourth-order valence-electron chi connectivity index (χ4n) is 3.11. The number of benzene rings is 2. The van der Waals surface area contributed by atoms with Crippen LogP contribution in [-0.4, -0.2) is 35.1 Å². The molecule has 0 saturated heterocycles. The molecule has 1 atom stereocenters. The maximum Gasteiger partial charge on any atom is 0.242 e. The molecule has 0 saturated carbocycles. The predicted octanol–water partition coefficient (Wildman–Crippen LogP) is 5.81. The highest BCUT2D eigenvalue weighted by Crippen LogP contribution is 2.23. The molecule has 0 unspecified atom stereocenters. The Morgan fingerprint density at radius 3 is 2.40 bits per heavy atom. The highest BCUT2D eigenvalue weighted by atomic mass is 35.5. The van der Waals surface area contributed by atoms with Crippen LogP contribution in [-0.2, 0) is 16.1 Å². The van der Waals surface area contributed by atoms with E-state index in [4.69, 9.17) is 23.2 Å². The first-order valence-corrected chi connectivity index (χ1v) is 11.9. The Labute approximate surface area is 193 Å². The van der Waals surface area contributed by atoms with E-state index in [9.17, 15) is 9.59 Å². The molecule has 0 heterocycles. The largest absolute Gasteiger partial charge is 0.355 e. The third kappa shape index (κ3) is 7.53. The van der Waals surface area contributed by atoms with E-state index >= 15 is 0 Å². The first-order valence-electron chi connectivity index (χ1n) is 10.1. The number of amides is 2. The number of hydrogen-bond acceptors (Lipinski definition) is 3. The summed E-state index contributed by atoms with van der Waals surface area (Å²) in [5.74, 6) is 0.645. The van der Waals surface area contributed by atoms with E-state index in [-0.39, 0.29) is 11.8 Å². The van der Waals surface area contributed by atoms with Gasteiger partial charge in [-0.1, -0.05) is 48.3 Å². The lowest BCUT2D eigenvalue weighted by Gasteiger charge is -2.31. The molecule has 0 spiro atoms. The van der Waals surface area contributed by atoms with Gasteiger partial charge in [-0.15, -0.1) is 11.8 Å². The topological polar surface area (TPSA) is 49.4 Å². The molecule has 2 amide bonds. The van der Waals surface area contributed by atoms with Crippen molar-refractivity contribution in [3.63, 3.8) is 0 Å². The number of nitrogens with zero attached hydrogens (tertiary/aromatic N) is 1. The second kappa shape index (κ2) is 12.9. The van der Waals surface area contributed by atoms with Crippen molar-refractivity contribution in [2.45, 2.75) is 50.6 Å². The zero-order valence-electron chi connectivity index (χ0n) is 17.4. The van der Waals surface area contributed by atoms with Gasteiger partial charge < -0.3 is 10.2 Å². The summed E-state index contributed by atoms with van der Waals surface area (Å²) in [5.41, 5.74) is 0.839. The van der Waals surface area contributed by atoms with Crippen molar-refractivity contribution in [2.24, 2.45) is 0 Å². The monoisotopic (exact) mass is 466 g/mol. The van der Waals surface area contributed by atoms with Crippen LogP contribution < -0.4 is 5.32 Å². The minimum Gasteiger partial charge on any atom is -0.355 e. The molecule has 0 radical (unpaired) electrons. The smallest absolute Gasteiger partial charge is 0.242 e. The molecule has 0 bridgehead atoms. The minimum atomic E-state index is -0.516. The third-order valence-corrected chi connectivity index (χ3v) is 6.37. The van der Waals surface area contributed by atoms with E-state index < -0.39 is 6.04 Å². The summed E-state index contributed by atoms with van der Waals surface area (Å²) in [4.78, 5) is 28.5. The normalized spacial score (nSPS) is 11.7. The van der Waals surface area contributed by atoms with Gasteiger partial charge >= 0.3 is 0 Å². The van der Waals surface area contributed by atoms with Gasteiger partial charge in [0, 0.05) is 34.5 Å². The van der Waals surface area contributed by atoms with E-state index in [0.717, 1.165) is 22.6 Å². The lowest BCUT2D eigenvalue weighted by Crippen LogP contribution is -2.49. The highest BCUT2D eigenvalue weighted by Gasteiger charge is 2.28. The molecule has 0 fully saturated rings. The van der Waals surface area contributed by atoms with Crippen LogP contribution in [0.15, 0.2) is 53.4 Å². The highest BCUT2D eigenvalue weighted by molar-refractivity contribution is 7.99. The number of likely N-dealkylation sites (N-methyl/N-ethyl adjacent to an activating group) is 1. The Morgan fingerprint density at radius 2 is 1.77 bits per heavy atom. The lowest BCUT2D eigenvalue weighted by molar-refractivity contribution is -0.141. The predicted molar refractivity (Wildman–Crippen MR) is 126 cm³/mol. The molecule has 2 aromatic rings. The number of hydrogen-bond donors (Lipinski definition) is 1. The summed E-state index contributed by atoms with van der Waals surface area (Å²) in [7, 11) is 0. The zero-order valence-corrected chi connectivity index (χ0v) is 19.7. The summed E-state index contributed by atoms with van der Waals surface area (Å²) in [6.45, 7) is 4.64. The van der Waals surface area contributed by atoms with Gasteiger partial charge in [-0.05, 0) is 61.4 Å². The standard InChI is InChI=1S/C23H28Cl2N2O2S/c1-3-21(23(29)26-4-2)27(16-17-8-5-6-9-20(17)25)22(28)10-7-15-30-19-13-11-18(24)12-14-19/h5-6,8-9,11-14,21H,3-4,7,10,15-16H2,1-2H3,(H,26,29)/t21-/m0/s1. The second-order valence-corrected chi connectivity index (χ2v) is 8.85. The van der Waals surface area contributed by atoms with Crippen LogP contribution >= 0.6 is 35.0 Å². The number of halogens is 2. The number of rotatable bonds is 11. The van der Waals surface area contributed by atoms with Crippen LogP contribution in [0.3, 0.4) is 0 Å². The maximum atomic E-state index is 13.1. The zero-order chi connectivity index (χ0) is 21.9. The van der Waals surface area contributed by atoms with Crippen LogP contribution in [0, 0.1) is 0 Å². The fraction of sp³-hybridized carbons (Fsp3) is 0.391. The van der Waals surface area contributed by atoms with Gasteiger partial charge in [0.05, 0.1) is 0 Å². The Kier molecular flexibility index (Phi) is 10.6. The van der Waals surface area contributed by atoms with Crippen molar-refractivity contribution >= 4 is 46.8 Å². The Hall–Kier alpha value is -1.69. The second-order valence-electron chi connectivity index (χ2n) is 6.84. The average Bonchev–Trinajstić information content (AvgIpc) is 2.73. The van der Waals surface area contributed by atoms with Gasteiger partial charge in [-0.3, -0.25) is 9.59 Å². The molecule has 30 heavy (non-hydrogen) atoms. The first kappa shape index (κ1) is 24.6. The van der Waals surface area contributed by atoms with E-state index in [1.807, 2.05) is 56.3 Å². The maximum absolute atomic E-state index is 13.1. The van der Waals surface area contributed by atoms with Crippen molar-refractivity contribution in [3.8, 4) is 0 Å². The van der Waals surface area contributed by atoms with Gasteiger partial charge in [0.2, 0.25) is 11.8 Å². The first-order chi connectivity index (χ1) is 14.5. The SMILES string of the molecule is CCNC(=O)[C@H](CC)N(Cc1ccccc1Cl)C(=O)CCCSc1ccc(Cl)cc1. The van der Waals surface area contributed by atoms with Crippen LogP contribution in [0.4, 0.5) is 0 Å². The van der Waals surface area contributed by atoms with Gasteiger partial charge in [0.1, 0.15) is 6.04 Å². The van der Waals surface area contributed by atoms with Gasteiger partial charge in [0.25, 0.3) is 0 Å². The molecular formula is C23H28Cl2N2O2S. The van der Waals surface area contributed by atoms with E-state index in [0.29, 0.717) is 36.0 Å². The van der Waals surface area contributed by atoms with Crippen LogP contribution in [0.1, 0.15) is 38.7 Å². The number of nitrogens with one attached hydrogen (secondary N) is 1. The van der Waals surface area contributed by atoms with Crippen molar-refractivity contribution < 1.29 is 9.59 Å². The van der Waals surface area contributed by atoms with Crippen LogP contribution in [0.2, 0.25) is 10.0 Å². The molecule has 0 aliphatic heterocycles. The summed E-state index contributed by atoms with van der Waals surface area (Å²) in [5, 5.41) is 4.15. The molecule has 1 N–H and O–H groups in total. The van der Waals surface area contributed by atoms with Gasteiger partial charge in [-0.25, -0.2) is 0 Å². The molecule has 162 valence electrons. The molecule has 7 heteroatoms. The lowest BCUT2D eigenvalue weighted by atomic mass is 10.1. The van der Waals surface area contributed by atoms with E-state index in [1.54, 1.807) is 22.7 Å². The Morgan fingerprint density at radius 1 is 1.07 bits per heavy atom. The number of thioether (sulfide) groups is 1. The Balaban J connectivity index is 2.04. The minimum absolute atomic E-state index is 0.0373. The van der Waals surface area contributed by atoms with Crippen molar-refractivity contribution in [1.29, 1.82) is 0 Å². The van der Waals surface area contributed by atoms with Crippen LogP contribution in [0.25, 0.3) is 0 Å². The van der Waals surface area contributed by atoms with Gasteiger partial charge in [0.15, 0.2) is 0 Å². The molecular weight excluding hydrogens is 439 g/mol. The summed E-state index contributed by atoms with van der Waals surface area (Å²) in [6.07, 6.45) is 1.64. The quantitative estimate of drug-likeness (QED) is 0.335. The summed E-state index contributed by atoms with van der Waals surface area (Å²) in [6, 6.07) is 14.6. The molecule has 0 aliphatic rings. The van der Waals surface area contributed by atoms with Crippen molar-refractivity contribution in [2.75, 3.05) is 12.3 Å². The van der Waals surface area contributed by atoms with Gasteiger partial charge in [-0.2, -0.15) is 0 Å². The van der Waals surface area contributed by atoms with E-state index in [2.05, 4.69) is 5.32 Å². The molecule has 4 nitrogen and oxygen atoms in total. The summed E-state index contributed by atoms with van der Waals surface area (Å²) >= 11 is 13.9. The van der Waals surface area contributed by atoms with Crippen LogP contribution in [0.5, 0.6) is 0 Å². The third-order valence-electron chi connectivity index (χ3n) is 4.65. The average molecular weight is 467 g/mol. The van der Waals surface area contributed by atoms with Crippen molar-refractivity contribution in [3.05, 3.63) is 64.1 Å².